The van der Waals surface area contributed by atoms with E-state index >= 15 is 0 Å². The maximum absolute atomic E-state index is 12.1. The first-order valence-corrected chi connectivity index (χ1v) is 8.27. The van der Waals surface area contributed by atoms with E-state index in [0.29, 0.717) is 23.6 Å². The number of aromatic amines is 1. The van der Waals surface area contributed by atoms with Gasteiger partial charge in [-0.3, -0.25) is 9.89 Å². The number of rotatable bonds is 7. The fourth-order valence-corrected chi connectivity index (χ4v) is 2.56. The molecule has 26 heavy (non-hydrogen) atoms. The molecule has 0 aliphatic rings. The van der Waals surface area contributed by atoms with E-state index in [1.807, 2.05) is 6.92 Å². The van der Waals surface area contributed by atoms with Crippen LogP contribution in [0.4, 0.5) is 13.2 Å². The quantitative estimate of drug-likeness (QED) is 0.687. The van der Waals surface area contributed by atoms with Gasteiger partial charge in [-0.05, 0) is 25.2 Å². The molecule has 7 nitrogen and oxygen atoms in total. The lowest BCUT2D eigenvalue weighted by Gasteiger charge is -2.10. The normalized spacial score (nSPS) is 11.4. The summed E-state index contributed by atoms with van der Waals surface area (Å²) >= 11 is 10.9. The number of hydrogen-bond donors (Lipinski definition) is 2. The highest BCUT2D eigenvalue weighted by atomic mass is 35.5. The average molecular weight is 410 g/mol. The fraction of sp³-hybridized carbons (Fsp3) is 0.429. The topological polar surface area (TPSA) is 84.8 Å². The van der Waals surface area contributed by atoms with E-state index in [1.165, 1.54) is 6.07 Å². The van der Waals surface area contributed by atoms with Crippen LogP contribution in [0, 0.1) is 4.77 Å². The second kappa shape index (κ2) is 8.49. The minimum absolute atomic E-state index is 0.101. The standard InChI is InChI=1S/C14H15ClF3N5O2S/c1-2-23-10(21-22-13(23)26)3-4-19-11(24)8-5-9(15)12(20-6-8)25-7-14(16,17)18/h5-6H,2-4,7H2,1H3,(H,19,24)(H,22,26). The van der Waals surface area contributed by atoms with E-state index in [0.717, 1.165) is 6.20 Å². The maximum Gasteiger partial charge on any atom is 0.422 e. The van der Waals surface area contributed by atoms with Crippen molar-refractivity contribution in [3.63, 3.8) is 0 Å². The molecule has 0 bridgehead atoms. The summed E-state index contributed by atoms with van der Waals surface area (Å²) in [5.74, 6) is -0.164. The predicted octanol–water partition coefficient (Wildman–Crippen LogP) is 2.92. The summed E-state index contributed by atoms with van der Waals surface area (Å²) < 4.78 is 43.2. The lowest BCUT2D eigenvalue weighted by atomic mass is 10.2. The number of nitrogens with zero attached hydrogens (tertiary/aromatic N) is 3. The van der Waals surface area contributed by atoms with Crippen LogP contribution in [0.5, 0.6) is 5.88 Å². The van der Waals surface area contributed by atoms with Gasteiger partial charge in [-0.2, -0.15) is 18.3 Å². The number of amides is 1. The molecule has 0 aromatic carbocycles. The number of ether oxygens (including phenoxy) is 1. The van der Waals surface area contributed by atoms with Crippen molar-refractivity contribution in [3.8, 4) is 5.88 Å². The van der Waals surface area contributed by atoms with Gasteiger partial charge < -0.3 is 14.6 Å². The third-order valence-electron chi connectivity index (χ3n) is 3.23. The Bertz CT molecular complexity index is 837. The summed E-state index contributed by atoms with van der Waals surface area (Å²) in [5.41, 5.74) is 0.101. The second-order valence-electron chi connectivity index (χ2n) is 5.11. The summed E-state index contributed by atoms with van der Waals surface area (Å²) in [6.45, 7) is 1.33. The van der Waals surface area contributed by atoms with Crippen molar-refractivity contribution in [2.45, 2.75) is 26.1 Å². The SMILES string of the molecule is CCn1c(CCNC(=O)c2cnc(OCC(F)(F)F)c(Cl)c2)n[nH]c1=S. The smallest absolute Gasteiger partial charge is 0.422 e. The minimum atomic E-state index is -4.51. The van der Waals surface area contributed by atoms with Crippen LogP contribution in [-0.4, -0.2) is 45.0 Å². The molecule has 0 aliphatic heterocycles. The van der Waals surface area contributed by atoms with E-state index in [2.05, 4.69) is 25.2 Å². The summed E-state index contributed by atoms with van der Waals surface area (Å²) in [4.78, 5) is 15.7. The summed E-state index contributed by atoms with van der Waals surface area (Å²) in [7, 11) is 0. The predicted molar refractivity (Wildman–Crippen MR) is 89.9 cm³/mol. The van der Waals surface area contributed by atoms with Gasteiger partial charge in [0, 0.05) is 25.7 Å². The lowest BCUT2D eigenvalue weighted by Crippen LogP contribution is -2.26. The lowest BCUT2D eigenvalue weighted by molar-refractivity contribution is -0.154. The van der Waals surface area contributed by atoms with E-state index in [9.17, 15) is 18.0 Å². The number of alkyl halides is 3. The summed E-state index contributed by atoms with van der Waals surface area (Å²) in [6, 6.07) is 1.19. The highest BCUT2D eigenvalue weighted by Crippen LogP contribution is 2.24. The van der Waals surface area contributed by atoms with Crippen molar-refractivity contribution in [1.29, 1.82) is 0 Å². The Kier molecular flexibility index (Phi) is 6.59. The van der Waals surface area contributed by atoms with Gasteiger partial charge in [0.2, 0.25) is 5.88 Å². The van der Waals surface area contributed by atoms with Crippen LogP contribution in [-0.2, 0) is 13.0 Å². The number of carbonyl (C=O) groups is 1. The van der Waals surface area contributed by atoms with E-state index in [1.54, 1.807) is 4.57 Å². The molecule has 1 amide bonds. The zero-order valence-electron chi connectivity index (χ0n) is 13.6. The summed E-state index contributed by atoms with van der Waals surface area (Å²) in [6.07, 6.45) is -2.97. The van der Waals surface area contributed by atoms with Crippen molar-refractivity contribution < 1.29 is 22.7 Å². The Morgan fingerprint density at radius 3 is 2.85 bits per heavy atom. The Morgan fingerprint density at radius 1 is 1.50 bits per heavy atom. The largest absolute Gasteiger partial charge is 0.467 e. The van der Waals surface area contributed by atoms with Crippen molar-refractivity contribution in [2.75, 3.05) is 13.2 Å². The molecule has 0 aliphatic carbocycles. The van der Waals surface area contributed by atoms with Gasteiger partial charge in [-0.15, -0.1) is 0 Å². The van der Waals surface area contributed by atoms with E-state index < -0.39 is 18.7 Å². The van der Waals surface area contributed by atoms with Crippen molar-refractivity contribution >= 4 is 29.7 Å². The third kappa shape index (κ3) is 5.43. The minimum Gasteiger partial charge on any atom is -0.467 e. The molecule has 2 aromatic rings. The molecule has 2 heterocycles. The number of aromatic nitrogens is 4. The Balaban J connectivity index is 1.93. The number of halogens is 4. The molecule has 2 aromatic heterocycles. The molecule has 0 unspecified atom stereocenters. The van der Waals surface area contributed by atoms with Crippen molar-refractivity contribution in [3.05, 3.63) is 33.4 Å². The molecule has 0 radical (unpaired) electrons. The average Bonchev–Trinajstić information content (AvgIpc) is 2.92. The molecule has 0 spiro atoms. The zero-order chi connectivity index (χ0) is 19.3. The molecule has 2 rings (SSSR count). The van der Waals surface area contributed by atoms with Gasteiger partial charge in [0.1, 0.15) is 10.8 Å². The third-order valence-corrected chi connectivity index (χ3v) is 3.81. The van der Waals surface area contributed by atoms with Crippen LogP contribution < -0.4 is 10.1 Å². The Morgan fingerprint density at radius 2 is 2.23 bits per heavy atom. The van der Waals surface area contributed by atoms with Gasteiger partial charge >= 0.3 is 6.18 Å². The number of H-pyrrole nitrogens is 1. The van der Waals surface area contributed by atoms with Crippen molar-refractivity contribution in [1.82, 2.24) is 25.1 Å². The fourth-order valence-electron chi connectivity index (χ4n) is 2.06. The molecule has 12 heteroatoms. The summed E-state index contributed by atoms with van der Waals surface area (Å²) in [5, 5.41) is 9.22. The Hall–Kier alpha value is -2.14. The number of pyridine rings is 1. The Labute approximate surface area is 156 Å². The van der Waals surface area contributed by atoms with Crippen LogP contribution in [0.25, 0.3) is 0 Å². The second-order valence-corrected chi connectivity index (χ2v) is 5.90. The van der Waals surface area contributed by atoms with Gasteiger partial charge in [-0.1, -0.05) is 11.6 Å². The van der Waals surface area contributed by atoms with Crippen LogP contribution in [0.2, 0.25) is 5.02 Å². The van der Waals surface area contributed by atoms with Gasteiger partial charge in [0.05, 0.1) is 5.56 Å². The van der Waals surface area contributed by atoms with Gasteiger partial charge in [-0.25, -0.2) is 4.98 Å². The van der Waals surface area contributed by atoms with Crippen LogP contribution >= 0.6 is 23.8 Å². The molecule has 0 atom stereocenters. The number of nitrogens with one attached hydrogen (secondary N) is 2. The van der Waals surface area contributed by atoms with Gasteiger partial charge in [0.15, 0.2) is 11.4 Å². The number of hydrogen-bond acceptors (Lipinski definition) is 5. The van der Waals surface area contributed by atoms with Crippen LogP contribution in [0.3, 0.4) is 0 Å². The first-order valence-electron chi connectivity index (χ1n) is 7.48. The highest BCUT2D eigenvalue weighted by Gasteiger charge is 2.29. The number of carbonyl (C=O) groups excluding carboxylic acids is 1. The monoisotopic (exact) mass is 409 g/mol. The van der Waals surface area contributed by atoms with Crippen molar-refractivity contribution in [2.24, 2.45) is 0 Å². The maximum atomic E-state index is 12.1. The molecule has 142 valence electrons. The first kappa shape index (κ1) is 20.2. The molecule has 0 saturated heterocycles. The van der Waals surface area contributed by atoms with Crippen LogP contribution in [0.15, 0.2) is 12.3 Å². The van der Waals surface area contributed by atoms with Crippen LogP contribution in [0.1, 0.15) is 23.1 Å². The van der Waals surface area contributed by atoms with Gasteiger partial charge in [0.25, 0.3) is 5.91 Å². The molecule has 2 N–H and O–H groups in total. The van der Waals surface area contributed by atoms with E-state index in [4.69, 9.17) is 23.8 Å². The molecule has 0 saturated carbocycles. The highest BCUT2D eigenvalue weighted by molar-refractivity contribution is 7.71. The molecular formula is C14H15ClF3N5O2S. The zero-order valence-corrected chi connectivity index (χ0v) is 15.1. The van der Waals surface area contributed by atoms with E-state index in [-0.39, 0.29) is 23.0 Å². The molecule has 0 fully saturated rings. The molecular weight excluding hydrogens is 395 g/mol. The first-order chi connectivity index (χ1) is 12.2.